The zero-order valence-electron chi connectivity index (χ0n) is 28.7. The fraction of sp³-hybridized carbons (Fsp3) is 0.324. The molecule has 14 nitrogen and oxygen atoms in total. The molecule has 4 atom stereocenters. The third-order valence-electron chi connectivity index (χ3n) is 8.72. The average Bonchev–Trinajstić information content (AvgIpc) is 3.69. The number of imidazole rings is 1. The lowest BCUT2D eigenvalue weighted by molar-refractivity contribution is -0.155. The van der Waals surface area contributed by atoms with E-state index in [9.17, 15) is 19.5 Å². The summed E-state index contributed by atoms with van der Waals surface area (Å²) in [7, 11) is 3.18. The number of aliphatic hydroxyl groups is 1. The van der Waals surface area contributed by atoms with Gasteiger partial charge in [0.1, 0.15) is 29.3 Å². The van der Waals surface area contributed by atoms with Crippen molar-refractivity contribution in [2.75, 3.05) is 26.1 Å². The number of H-pyrrole nitrogens is 1. The van der Waals surface area contributed by atoms with E-state index in [1.165, 1.54) is 17.8 Å². The number of ether oxygens (including phenoxy) is 5. The van der Waals surface area contributed by atoms with Gasteiger partial charge in [-0.2, -0.15) is 4.98 Å². The van der Waals surface area contributed by atoms with Crippen molar-refractivity contribution in [1.29, 1.82) is 0 Å². The Morgan fingerprint density at radius 2 is 1.55 bits per heavy atom. The number of hydrogen-bond acceptors (Lipinski definition) is 11. The van der Waals surface area contributed by atoms with Crippen LogP contribution in [0.15, 0.2) is 90.0 Å². The van der Waals surface area contributed by atoms with Gasteiger partial charge >= 0.3 is 5.97 Å². The second kappa shape index (κ2) is 14.7. The fourth-order valence-corrected chi connectivity index (χ4v) is 6.11. The number of aromatic amines is 1. The summed E-state index contributed by atoms with van der Waals surface area (Å²) in [4.78, 5) is 48.8. The highest BCUT2D eigenvalue weighted by molar-refractivity contribution is 5.91. The number of methoxy groups -OCH3 is 2. The molecule has 0 radical (unpaired) electrons. The van der Waals surface area contributed by atoms with Crippen LogP contribution in [0.4, 0.5) is 5.95 Å². The van der Waals surface area contributed by atoms with Crippen LogP contribution >= 0.6 is 0 Å². The Balaban J connectivity index is 1.40. The number of rotatable bonds is 12. The zero-order chi connectivity index (χ0) is 36.3. The molecule has 14 heteroatoms. The molecule has 1 aliphatic heterocycles. The van der Waals surface area contributed by atoms with Gasteiger partial charge in [0.15, 0.2) is 23.5 Å². The maximum atomic E-state index is 12.9. The maximum absolute atomic E-state index is 12.9. The molecular formula is C37H39N5O9. The van der Waals surface area contributed by atoms with E-state index in [2.05, 4.69) is 20.3 Å². The number of nitrogens with zero attached hydrogens (tertiary/aromatic N) is 3. The van der Waals surface area contributed by atoms with E-state index in [1.807, 2.05) is 78.9 Å². The SMILES string of the molecule is COc1ccc(C(OC[C@@H]2O[C@@H](n3cnc4c(=O)[nH]c(NC(=O)C(C)C)nc43)[C@H](OC(C)=O)[C@H]2O)(c2ccccc2)c2ccc(OC)cc2)cc1. The van der Waals surface area contributed by atoms with Gasteiger partial charge in [-0.25, -0.2) is 4.98 Å². The van der Waals surface area contributed by atoms with E-state index in [0.29, 0.717) is 11.5 Å². The van der Waals surface area contributed by atoms with Crippen molar-refractivity contribution in [1.82, 2.24) is 19.5 Å². The van der Waals surface area contributed by atoms with E-state index < -0.39 is 41.7 Å². The molecule has 0 unspecified atom stereocenters. The highest BCUT2D eigenvalue weighted by Gasteiger charge is 2.49. The third-order valence-corrected chi connectivity index (χ3v) is 8.72. The lowest BCUT2D eigenvalue weighted by atomic mass is 9.80. The van der Waals surface area contributed by atoms with Crippen molar-refractivity contribution in [3.8, 4) is 11.5 Å². The Morgan fingerprint density at radius 3 is 2.10 bits per heavy atom. The molecule has 1 aliphatic rings. The van der Waals surface area contributed by atoms with E-state index in [-0.39, 0.29) is 35.5 Å². The van der Waals surface area contributed by atoms with Gasteiger partial charge in [-0.15, -0.1) is 0 Å². The molecule has 51 heavy (non-hydrogen) atoms. The summed E-state index contributed by atoms with van der Waals surface area (Å²) in [6, 6.07) is 24.6. The number of carbonyl (C=O) groups excluding carboxylic acids is 2. The summed E-state index contributed by atoms with van der Waals surface area (Å²) in [6.07, 6.45) is -3.52. The number of amides is 1. The quantitative estimate of drug-likeness (QED) is 0.127. The standard InChI is InChI=1S/C37H39N5O9/c1-21(2)33(45)40-36-39-32-29(34(46)41-36)38-20-42(32)35-31(50-22(3)43)30(44)28(51-35)19-49-37(23-9-7-6-8-10-23,24-11-15-26(47-4)16-12-24)25-13-17-27(48-5)18-14-25/h6-18,20-21,28,30-31,35,44H,19H2,1-5H3,(H2,39,40,41,45,46)/t28-,30-,31+,35+/m0/s1. The van der Waals surface area contributed by atoms with Crippen LogP contribution in [0.2, 0.25) is 0 Å². The molecule has 1 saturated heterocycles. The molecule has 0 saturated carbocycles. The van der Waals surface area contributed by atoms with Crippen LogP contribution in [0.1, 0.15) is 43.7 Å². The first kappa shape index (κ1) is 35.3. The van der Waals surface area contributed by atoms with Gasteiger partial charge in [-0.1, -0.05) is 68.4 Å². The number of aliphatic hydroxyl groups excluding tert-OH is 1. The van der Waals surface area contributed by atoms with Gasteiger partial charge < -0.3 is 28.8 Å². The van der Waals surface area contributed by atoms with Crippen LogP contribution in [-0.4, -0.2) is 75.6 Å². The molecule has 1 amide bonds. The number of carbonyl (C=O) groups is 2. The van der Waals surface area contributed by atoms with Crippen LogP contribution < -0.4 is 20.3 Å². The van der Waals surface area contributed by atoms with Gasteiger partial charge in [-0.3, -0.25) is 29.3 Å². The highest BCUT2D eigenvalue weighted by atomic mass is 16.6. The number of hydrogen-bond donors (Lipinski definition) is 3. The molecule has 2 aromatic heterocycles. The summed E-state index contributed by atoms with van der Waals surface area (Å²) in [5.74, 6) is -0.182. The molecule has 3 heterocycles. The van der Waals surface area contributed by atoms with Gasteiger partial charge in [-0.05, 0) is 41.0 Å². The Labute approximate surface area is 293 Å². The zero-order valence-corrected chi connectivity index (χ0v) is 28.7. The predicted molar refractivity (Wildman–Crippen MR) is 185 cm³/mol. The summed E-state index contributed by atoms with van der Waals surface area (Å²) < 4.78 is 31.2. The maximum Gasteiger partial charge on any atom is 0.303 e. The smallest absolute Gasteiger partial charge is 0.303 e. The van der Waals surface area contributed by atoms with Crippen LogP contribution in [0, 0.1) is 5.92 Å². The van der Waals surface area contributed by atoms with Crippen molar-refractivity contribution in [2.45, 2.75) is 50.9 Å². The molecule has 3 N–H and O–H groups in total. The summed E-state index contributed by atoms with van der Waals surface area (Å²) in [6.45, 7) is 4.44. The first-order valence-electron chi connectivity index (χ1n) is 16.3. The van der Waals surface area contributed by atoms with Crippen molar-refractivity contribution < 1.29 is 38.4 Å². The fourth-order valence-electron chi connectivity index (χ4n) is 6.11. The first-order valence-corrected chi connectivity index (χ1v) is 16.3. The number of fused-ring (bicyclic) bond motifs is 1. The molecule has 0 spiro atoms. The molecule has 266 valence electrons. The van der Waals surface area contributed by atoms with Crippen molar-refractivity contribution in [3.05, 3.63) is 112 Å². The van der Waals surface area contributed by atoms with Crippen LogP contribution in [0.3, 0.4) is 0 Å². The van der Waals surface area contributed by atoms with E-state index >= 15 is 0 Å². The average molecular weight is 698 g/mol. The van der Waals surface area contributed by atoms with E-state index in [4.69, 9.17) is 23.7 Å². The van der Waals surface area contributed by atoms with Crippen molar-refractivity contribution in [2.24, 2.45) is 5.92 Å². The Morgan fingerprint density at radius 1 is 0.961 bits per heavy atom. The molecule has 3 aromatic carbocycles. The first-order chi connectivity index (χ1) is 24.5. The van der Waals surface area contributed by atoms with Crippen LogP contribution in [0.5, 0.6) is 11.5 Å². The number of aromatic nitrogens is 4. The van der Waals surface area contributed by atoms with Crippen LogP contribution in [0.25, 0.3) is 11.2 Å². The normalized spacial score (nSPS) is 18.9. The minimum Gasteiger partial charge on any atom is -0.497 e. The van der Waals surface area contributed by atoms with E-state index in [0.717, 1.165) is 16.7 Å². The second-order valence-corrected chi connectivity index (χ2v) is 12.3. The van der Waals surface area contributed by atoms with Gasteiger partial charge in [0.05, 0.1) is 27.2 Å². The number of benzene rings is 3. The molecule has 0 aliphatic carbocycles. The minimum absolute atomic E-state index is 0.0426. The lowest BCUT2D eigenvalue weighted by Crippen LogP contribution is -2.40. The highest BCUT2D eigenvalue weighted by Crippen LogP contribution is 2.43. The van der Waals surface area contributed by atoms with E-state index in [1.54, 1.807) is 28.1 Å². The van der Waals surface area contributed by atoms with Crippen LogP contribution in [-0.2, 0) is 29.4 Å². The van der Waals surface area contributed by atoms with Crippen molar-refractivity contribution in [3.63, 3.8) is 0 Å². The number of nitrogens with one attached hydrogen (secondary N) is 2. The predicted octanol–water partition coefficient (Wildman–Crippen LogP) is 3.93. The Bertz CT molecular complexity index is 2000. The topological polar surface area (TPSA) is 176 Å². The van der Waals surface area contributed by atoms with Gasteiger partial charge in [0.2, 0.25) is 11.9 Å². The molecule has 6 rings (SSSR count). The summed E-state index contributed by atoms with van der Waals surface area (Å²) in [5.41, 5.74) is 0.494. The molecule has 1 fully saturated rings. The Hall–Kier alpha value is -5.57. The lowest BCUT2D eigenvalue weighted by Gasteiger charge is -2.37. The molecule has 5 aromatic rings. The summed E-state index contributed by atoms with van der Waals surface area (Å²) >= 11 is 0. The largest absolute Gasteiger partial charge is 0.497 e. The Kier molecular flexibility index (Phi) is 10.2. The monoisotopic (exact) mass is 697 g/mol. The van der Waals surface area contributed by atoms with Gasteiger partial charge in [0, 0.05) is 12.8 Å². The summed E-state index contributed by atoms with van der Waals surface area (Å²) in [5, 5.41) is 14.3. The van der Waals surface area contributed by atoms with Gasteiger partial charge in [0.25, 0.3) is 5.56 Å². The molecule has 0 bridgehead atoms. The minimum atomic E-state index is -1.38. The number of esters is 1. The third kappa shape index (κ3) is 6.93. The number of anilines is 1. The van der Waals surface area contributed by atoms with Crippen molar-refractivity contribution >= 4 is 29.0 Å². The second-order valence-electron chi connectivity index (χ2n) is 12.3. The molecular weight excluding hydrogens is 658 g/mol.